The van der Waals surface area contributed by atoms with Gasteiger partial charge in [-0.1, -0.05) is 24.0 Å². The quantitative estimate of drug-likeness (QED) is 0.557. The van der Waals surface area contributed by atoms with Gasteiger partial charge in [-0.25, -0.2) is 0 Å². The fourth-order valence-electron chi connectivity index (χ4n) is 3.76. The average Bonchev–Trinajstić information content (AvgIpc) is 2.94. The minimum atomic E-state index is -0.299. The monoisotopic (exact) mass is 416 g/mol. The minimum absolute atomic E-state index is 0.0177. The van der Waals surface area contributed by atoms with Crippen LogP contribution in [-0.2, 0) is 11.8 Å². The molecule has 0 radical (unpaired) electrons. The van der Waals surface area contributed by atoms with Crippen LogP contribution in [0.1, 0.15) is 49.8 Å². The van der Waals surface area contributed by atoms with Gasteiger partial charge in [0.05, 0.1) is 4.91 Å². The number of aromatic nitrogens is 1. The molecular weight excluding hydrogens is 392 g/mol. The summed E-state index contributed by atoms with van der Waals surface area (Å²) >= 11 is 6.65. The molecule has 2 fully saturated rings. The molecule has 0 atom stereocenters. The number of piperidine rings is 1. The van der Waals surface area contributed by atoms with E-state index >= 15 is 0 Å². The Bertz CT molecular complexity index is 966. The van der Waals surface area contributed by atoms with Crippen molar-refractivity contribution in [3.8, 4) is 6.07 Å². The van der Waals surface area contributed by atoms with Crippen LogP contribution in [-0.4, -0.2) is 38.8 Å². The first-order chi connectivity index (χ1) is 13.3. The Balaban J connectivity index is 2.21. The molecule has 0 N–H and O–H groups in total. The maximum Gasteiger partial charge on any atom is 0.270 e. The van der Waals surface area contributed by atoms with Gasteiger partial charge in [0, 0.05) is 31.7 Å². The lowest BCUT2D eigenvalue weighted by molar-refractivity contribution is -0.123. The fraction of sp³-hybridized carbons (Fsp3) is 0.500. The predicted octanol–water partition coefficient (Wildman–Crippen LogP) is 3.17. The first kappa shape index (κ1) is 20.6. The van der Waals surface area contributed by atoms with Gasteiger partial charge in [-0.05, 0) is 51.7 Å². The summed E-state index contributed by atoms with van der Waals surface area (Å²) in [6.45, 7) is 7.34. The molecule has 148 valence electrons. The molecule has 0 aliphatic carbocycles. The van der Waals surface area contributed by atoms with E-state index in [-0.39, 0.29) is 23.1 Å². The zero-order valence-electron chi connectivity index (χ0n) is 16.6. The molecule has 8 heteroatoms. The van der Waals surface area contributed by atoms with Gasteiger partial charge >= 0.3 is 0 Å². The van der Waals surface area contributed by atoms with Crippen LogP contribution in [0.15, 0.2) is 9.70 Å². The van der Waals surface area contributed by atoms with Crippen molar-refractivity contribution in [3.05, 3.63) is 31.9 Å². The first-order valence-electron chi connectivity index (χ1n) is 9.43. The largest absolute Gasteiger partial charge is 0.357 e. The lowest BCUT2D eigenvalue weighted by atomic mass is 10.0. The van der Waals surface area contributed by atoms with Crippen molar-refractivity contribution >= 4 is 46.1 Å². The number of thiocarbonyl (C=S) groups is 1. The lowest BCUT2D eigenvalue weighted by Gasteiger charge is -2.32. The van der Waals surface area contributed by atoms with Crippen LogP contribution in [0.4, 0.5) is 5.82 Å². The van der Waals surface area contributed by atoms with Gasteiger partial charge in [0.25, 0.3) is 11.5 Å². The van der Waals surface area contributed by atoms with E-state index < -0.39 is 0 Å². The van der Waals surface area contributed by atoms with E-state index in [0.29, 0.717) is 14.8 Å². The third kappa shape index (κ3) is 3.49. The number of anilines is 1. The van der Waals surface area contributed by atoms with Gasteiger partial charge in [0.1, 0.15) is 21.8 Å². The SMILES string of the molecule is Cc1c(/C=C2\SC(=S)N(C(C)C)C2=O)c(N2CCCCC2)n(C)c(=O)c1C#N. The maximum absolute atomic E-state index is 12.9. The smallest absolute Gasteiger partial charge is 0.270 e. The Morgan fingerprint density at radius 3 is 2.39 bits per heavy atom. The maximum atomic E-state index is 12.9. The van der Waals surface area contributed by atoms with Crippen LogP contribution in [0, 0.1) is 18.3 Å². The van der Waals surface area contributed by atoms with Crippen molar-refractivity contribution in [3.63, 3.8) is 0 Å². The summed E-state index contributed by atoms with van der Waals surface area (Å²) in [7, 11) is 1.70. The molecule has 0 aromatic carbocycles. The van der Waals surface area contributed by atoms with Crippen molar-refractivity contribution < 1.29 is 4.79 Å². The van der Waals surface area contributed by atoms with Gasteiger partial charge in [-0.15, -0.1) is 0 Å². The van der Waals surface area contributed by atoms with Crippen LogP contribution in [0.2, 0.25) is 0 Å². The minimum Gasteiger partial charge on any atom is -0.357 e. The summed E-state index contributed by atoms with van der Waals surface area (Å²) in [5.41, 5.74) is 1.19. The molecule has 3 rings (SSSR count). The number of carbonyl (C=O) groups is 1. The Hall–Kier alpha value is -2.11. The summed E-state index contributed by atoms with van der Waals surface area (Å²) < 4.78 is 2.08. The summed E-state index contributed by atoms with van der Waals surface area (Å²) in [6, 6.07) is 2.02. The highest BCUT2D eigenvalue weighted by atomic mass is 32.2. The van der Waals surface area contributed by atoms with Crippen molar-refractivity contribution in [1.82, 2.24) is 9.47 Å². The highest BCUT2D eigenvalue weighted by molar-refractivity contribution is 8.26. The Labute approximate surface area is 174 Å². The molecule has 28 heavy (non-hydrogen) atoms. The number of hydrogen-bond acceptors (Lipinski definition) is 6. The molecule has 0 unspecified atom stereocenters. The number of pyridine rings is 1. The number of nitriles is 1. The van der Waals surface area contributed by atoms with E-state index in [9.17, 15) is 14.9 Å². The zero-order valence-corrected chi connectivity index (χ0v) is 18.2. The molecular formula is C20H24N4O2S2. The molecule has 1 aromatic heterocycles. The number of amides is 1. The molecule has 0 spiro atoms. The number of hydrogen-bond donors (Lipinski definition) is 0. The van der Waals surface area contributed by atoms with E-state index in [1.54, 1.807) is 29.5 Å². The lowest BCUT2D eigenvalue weighted by Crippen LogP contribution is -2.36. The molecule has 0 bridgehead atoms. The molecule has 3 heterocycles. The zero-order chi connectivity index (χ0) is 20.6. The fourth-order valence-corrected chi connectivity index (χ4v) is 5.26. The molecule has 1 amide bonds. The molecule has 2 aliphatic rings. The number of rotatable bonds is 3. The van der Waals surface area contributed by atoms with E-state index in [1.165, 1.54) is 18.2 Å². The van der Waals surface area contributed by atoms with Crippen molar-refractivity contribution in [2.24, 2.45) is 7.05 Å². The molecule has 2 saturated heterocycles. The van der Waals surface area contributed by atoms with Crippen LogP contribution in [0.5, 0.6) is 0 Å². The van der Waals surface area contributed by atoms with Crippen molar-refractivity contribution in [2.75, 3.05) is 18.0 Å². The number of nitrogens with zero attached hydrogens (tertiary/aromatic N) is 4. The molecule has 2 aliphatic heterocycles. The highest BCUT2D eigenvalue weighted by Crippen LogP contribution is 2.36. The normalized spacial score (nSPS) is 19.1. The molecule has 6 nitrogen and oxygen atoms in total. The summed E-state index contributed by atoms with van der Waals surface area (Å²) in [5.74, 6) is 0.650. The van der Waals surface area contributed by atoms with Crippen LogP contribution in [0.25, 0.3) is 6.08 Å². The second-order valence-electron chi connectivity index (χ2n) is 7.41. The average molecular weight is 417 g/mol. The molecule has 1 aromatic rings. The van der Waals surface area contributed by atoms with E-state index in [0.717, 1.165) is 37.3 Å². The Morgan fingerprint density at radius 2 is 1.86 bits per heavy atom. The summed E-state index contributed by atoms with van der Waals surface area (Å²) in [6.07, 6.45) is 5.09. The summed E-state index contributed by atoms with van der Waals surface area (Å²) in [5, 5.41) is 9.52. The third-order valence-electron chi connectivity index (χ3n) is 5.24. The van der Waals surface area contributed by atoms with Crippen LogP contribution in [0.3, 0.4) is 0 Å². The molecule has 0 saturated carbocycles. The van der Waals surface area contributed by atoms with Crippen LogP contribution >= 0.6 is 24.0 Å². The summed E-state index contributed by atoms with van der Waals surface area (Å²) in [4.78, 5) is 29.9. The topological polar surface area (TPSA) is 69.3 Å². The Kier molecular flexibility index (Phi) is 5.96. The van der Waals surface area contributed by atoms with E-state index in [4.69, 9.17) is 12.2 Å². The van der Waals surface area contributed by atoms with Gasteiger partial charge in [0.2, 0.25) is 0 Å². The standard InChI is InChI=1S/C20H24N4O2S2/c1-12(2)24-19(26)16(28-20(24)27)10-14-13(3)15(11-21)18(25)22(4)17(14)23-8-6-5-7-9-23/h10,12H,5-9H2,1-4H3/b16-10-. The van der Waals surface area contributed by atoms with Crippen LogP contribution < -0.4 is 10.5 Å². The van der Waals surface area contributed by atoms with Crippen molar-refractivity contribution in [2.45, 2.75) is 46.1 Å². The second kappa shape index (κ2) is 8.10. The second-order valence-corrected chi connectivity index (χ2v) is 9.08. The van der Waals surface area contributed by atoms with Crippen molar-refractivity contribution in [1.29, 1.82) is 5.26 Å². The van der Waals surface area contributed by atoms with E-state index in [2.05, 4.69) is 4.90 Å². The first-order valence-corrected chi connectivity index (χ1v) is 10.7. The predicted molar refractivity (Wildman–Crippen MR) is 117 cm³/mol. The van der Waals surface area contributed by atoms with Gasteiger partial charge in [-0.2, -0.15) is 5.26 Å². The van der Waals surface area contributed by atoms with Gasteiger partial charge in [-0.3, -0.25) is 19.1 Å². The third-order valence-corrected chi connectivity index (χ3v) is 6.57. The van der Waals surface area contributed by atoms with Gasteiger partial charge < -0.3 is 4.90 Å². The number of carbonyl (C=O) groups excluding carboxylic acids is 1. The highest BCUT2D eigenvalue weighted by Gasteiger charge is 2.34. The number of thioether (sulfide) groups is 1. The van der Waals surface area contributed by atoms with Gasteiger partial charge in [0.15, 0.2) is 0 Å². The Morgan fingerprint density at radius 1 is 1.21 bits per heavy atom. The van der Waals surface area contributed by atoms with E-state index in [1.807, 2.05) is 19.9 Å².